The predicted molar refractivity (Wildman–Crippen MR) is 88.7 cm³/mol. The summed E-state index contributed by atoms with van der Waals surface area (Å²) in [5, 5.41) is 6.19. The molecule has 23 heavy (non-hydrogen) atoms. The molecule has 2 N–H and O–H groups in total. The van der Waals surface area contributed by atoms with E-state index in [0.717, 1.165) is 55.6 Å². The van der Waals surface area contributed by atoms with Crippen molar-refractivity contribution >= 4 is 6.41 Å². The van der Waals surface area contributed by atoms with Crippen molar-refractivity contribution in [2.45, 2.75) is 38.4 Å². The lowest BCUT2D eigenvalue weighted by Crippen LogP contribution is -2.41. The molecule has 2 aliphatic rings. The first-order valence-electron chi connectivity index (χ1n) is 8.44. The van der Waals surface area contributed by atoms with Crippen LogP contribution < -0.4 is 15.4 Å². The number of carbonyl (C=O) groups excluding carboxylic acids is 1. The Kier molecular flexibility index (Phi) is 5.18. The van der Waals surface area contributed by atoms with Crippen LogP contribution in [0.1, 0.15) is 35.6 Å². The molecule has 1 amide bonds. The highest BCUT2D eigenvalue weighted by molar-refractivity contribution is 5.50. The van der Waals surface area contributed by atoms with Crippen molar-refractivity contribution in [1.29, 1.82) is 0 Å². The van der Waals surface area contributed by atoms with Crippen LogP contribution in [0, 0.1) is 12.8 Å². The van der Waals surface area contributed by atoms with Crippen molar-refractivity contribution in [2.75, 3.05) is 26.7 Å². The molecule has 2 unspecified atom stereocenters. The molecule has 0 bridgehead atoms. The van der Waals surface area contributed by atoms with Gasteiger partial charge in [-0.3, -0.25) is 4.79 Å². The smallest absolute Gasteiger partial charge is 0.207 e. The minimum atomic E-state index is -0.0988. The highest BCUT2D eigenvalue weighted by Crippen LogP contribution is 2.40. The van der Waals surface area contributed by atoms with Gasteiger partial charge in [0.15, 0.2) is 0 Å². The highest BCUT2D eigenvalue weighted by Gasteiger charge is 2.34. The standard InChI is InChI=1S/C18H26N2O3/c1-12-3-4-14-15(18(12)22-2)9-16(13-5-7-19-8-6-13)23-17(14)10-20-11-21/h3-4,11,13,16-17,19H,5-10H2,1-2H3,(H,20,21). The molecule has 1 saturated heterocycles. The first-order valence-corrected chi connectivity index (χ1v) is 8.44. The quantitative estimate of drug-likeness (QED) is 0.812. The molecule has 2 aliphatic heterocycles. The zero-order valence-electron chi connectivity index (χ0n) is 13.9. The monoisotopic (exact) mass is 318 g/mol. The maximum Gasteiger partial charge on any atom is 0.207 e. The number of benzene rings is 1. The van der Waals surface area contributed by atoms with E-state index in [1.54, 1.807) is 7.11 Å². The molecule has 3 rings (SSSR count). The summed E-state index contributed by atoms with van der Waals surface area (Å²) < 4.78 is 12.1. The van der Waals surface area contributed by atoms with Crippen molar-refractivity contribution in [3.05, 3.63) is 28.8 Å². The minimum absolute atomic E-state index is 0.0988. The number of nitrogens with one attached hydrogen (secondary N) is 2. The van der Waals surface area contributed by atoms with E-state index in [-0.39, 0.29) is 12.2 Å². The van der Waals surface area contributed by atoms with Gasteiger partial charge in [0.25, 0.3) is 0 Å². The Morgan fingerprint density at radius 3 is 2.87 bits per heavy atom. The molecule has 1 fully saturated rings. The number of amides is 1. The van der Waals surface area contributed by atoms with E-state index in [1.165, 1.54) is 5.56 Å². The molecule has 0 aliphatic carbocycles. The van der Waals surface area contributed by atoms with Crippen molar-refractivity contribution in [2.24, 2.45) is 5.92 Å². The van der Waals surface area contributed by atoms with Gasteiger partial charge in [0.05, 0.1) is 13.2 Å². The Hall–Kier alpha value is -1.59. The van der Waals surface area contributed by atoms with E-state index in [0.29, 0.717) is 12.5 Å². The summed E-state index contributed by atoms with van der Waals surface area (Å²) in [7, 11) is 1.73. The van der Waals surface area contributed by atoms with Gasteiger partial charge in [-0.05, 0) is 49.9 Å². The fourth-order valence-electron chi connectivity index (χ4n) is 3.90. The number of ether oxygens (including phenoxy) is 2. The van der Waals surface area contributed by atoms with E-state index < -0.39 is 0 Å². The molecule has 0 saturated carbocycles. The average Bonchev–Trinajstić information content (AvgIpc) is 2.60. The molecule has 2 atom stereocenters. The molecule has 5 nitrogen and oxygen atoms in total. The van der Waals surface area contributed by atoms with Crippen LogP contribution in [0.5, 0.6) is 5.75 Å². The van der Waals surface area contributed by atoms with Gasteiger partial charge in [0.2, 0.25) is 6.41 Å². The van der Waals surface area contributed by atoms with Crippen LogP contribution in [0.2, 0.25) is 0 Å². The molecular formula is C18H26N2O3. The van der Waals surface area contributed by atoms with Gasteiger partial charge in [0, 0.05) is 18.5 Å². The van der Waals surface area contributed by atoms with Crippen molar-refractivity contribution < 1.29 is 14.3 Å². The fraction of sp³-hybridized carbons (Fsp3) is 0.611. The van der Waals surface area contributed by atoms with Gasteiger partial charge in [0.1, 0.15) is 11.9 Å². The normalized spacial score (nSPS) is 24.8. The zero-order valence-corrected chi connectivity index (χ0v) is 13.9. The van der Waals surface area contributed by atoms with Crippen LogP contribution in [0.25, 0.3) is 0 Å². The minimum Gasteiger partial charge on any atom is -0.496 e. The number of carbonyl (C=O) groups is 1. The van der Waals surface area contributed by atoms with Gasteiger partial charge in [-0.1, -0.05) is 12.1 Å². The molecule has 1 aromatic carbocycles. The van der Waals surface area contributed by atoms with Crippen molar-refractivity contribution in [1.82, 2.24) is 10.6 Å². The summed E-state index contributed by atoms with van der Waals surface area (Å²) in [6.07, 6.45) is 4.01. The Balaban J connectivity index is 1.91. The Labute approximate surface area is 137 Å². The number of hydrogen-bond donors (Lipinski definition) is 2. The van der Waals surface area contributed by atoms with Gasteiger partial charge >= 0.3 is 0 Å². The van der Waals surface area contributed by atoms with E-state index in [9.17, 15) is 4.79 Å². The number of piperidine rings is 1. The fourth-order valence-corrected chi connectivity index (χ4v) is 3.90. The van der Waals surface area contributed by atoms with Gasteiger partial charge in [-0.25, -0.2) is 0 Å². The van der Waals surface area contributed by atoms with Crippen LogP contribution in [0.3, 0.4) is 0 Å². The summed E-state index contributed by atoms with van der Waals surface area (Å²) in [6, 6.07) is 4.18. The Bertz CT molecular complexity index is 555. The van der Waals surface area contributed by atoms with E-state index in [4.69, 9.17) is 9.47 Å². The molecule has 0 aromatic heterocycles. The van der Waals surface area contributed by atoms with Crippen LogP contribution in [0.15, 0.2) is 12.1 Å². The summed E-state index contributed by atoms with van der Waals surface area (Å²) in [5.41, 5.74) is 3.55. The molecule has 2 heterocycles. The third-order valence-corrected chi connectivity index (χ3v) is 5.09. The number of hydrogen-bond acceptors (Lipinski definition) is 4. The van der Waals surface area contributed by atoms with Gasteiger partial charge in [-0.2, -0.15) is 0 Å². The lowest BCUT2D eigenvalue weighted by atomic mass is 9.83. The van der Waals surface area contributed by atoms with Crippen LogP contribution >= 0.6 is 0 Å². The highest BCUT2D eigenvalue weighted by atomic mass is 16.5. The van der Waals surface area contributed by atoms with E-state index >= 15 is 0 Å². The molecule has 5 heteroatoms. The molecule has 0 radical (unpaired) electrons. The third kappa shape index (κ3) is 3.35. The molecule has 1 aromatic rings. The maximum atomic E-state index is 10.7. The van der Waals surface area contributed by atoms with Crippen molar-refractivity contribution in [3.63, 3.8) is 0 Å². The molecule has 0 spiro atoms. The Morgan fingerprint density at radius 1 is 1.39 bits per heavy atom. The van der Waals surface area contributed by atoms with E-state index in [1.807, 2.05) is 0 Å². The number of aryl methyl sites for hydroxylation is 1. The lowest BCUT2D eigenvalue weighted by Gasteiger charge is -2.39. The summed E-state index contributed by atoms with van der Waals surface area (Å²) >= 11 is 0. The topological polar surface area (TPSA) is 59.6 Å². The van der Waals surface area contributed by atoms with Crippen LogP contribution in [-0.4, -0.2) is 39.3 Å². The second-order valence-electron chi connectivity index (χ2n) is 6.46. The van der Waals surface area contributed by atoms with Crippen LogP contribution in [0.4, 0.5) is 0 Å². The summed E-state index contributed by atoms with van der Waals surface area (Å²) in [5.74, 6) is 1.54. The maximum absolute atomic E-state index is 10.7. The number of rotatable bonds is 5. The predicted octanol–water partition coefficient (Wildman–Crippen LogP) is 1.73. The average molecular weight is 318 g/mol. The largest absolute Gasteiger partial charge is 0.496 e. The second-order valence-corrected chi connectivity index (χ2v) is 6.46. The molecular weight excluding hydrogens is 292 g/mol. The van der Waals surface area contributed by atoms with Gasteiger partial charge in [-0.15, -0.1) is 0 Å². The third-order valence-electron chi connectivity index (χ3n) is 5.09. The lowest BCUT2D eigenvalue weighted by molar-refractivity contribution is -0.111. The second kappa shape index (κ2) is 7.32. The van der Waals surface area contributed by atoms with E-state index in [2.05, 4.69) is 29.7 Å². The molecule has 126 valence electrons. The first-order chi connectivity index (χ1) is 11.2. The number of methoxy groups -OCH3 is 1. The summed E-state index contributed by atoms with van der Waals surface area (Å²) in [6.45, 7) is 4.69. The summed E-state index contributed by atoms with van der Waals surface area (Å²) in [4.78, 5) is 10.7. The van der Waals surface area contributed by atoms with Gasteiger partial charge < -0.3 is 20.1 Å². The van der Waals surface area contributed by atoms with Crippen molar-refractivity contribution in [3.8, 4) is 5.75 Å². The van der Waals surface area contributed by atoms with Crippen LogP contribution in [-0.2, 0) is 16.0 Å². The Morgan fingerprint density at radius 2 is 2.17 bits per heavy atom. The zero-order chi connectivity index (χ0) is 16.2. The SMILES string of the molecule is COc1c(C)ccc2c1CC(C1CCNCC1)OC2CNC=O. The first kappa shape index (κ1) is 16.3. The number of fused-ring (bicyclic) bond motifs is 1.